The summed E-state index contributed by atoms with van der Waals surface area (Å²) in [5.41, 5.74) is 5.57. The van der Waals surface area contributed by atoms with Crippen molar-refractivity contribution in [2.24, 2.45) is 0 Å². The number of carbonyl (C=O) groups excluding carboxylic acids is 1. The summed E-state index contributed by atoms with van der Waals surface area (Å²) < 4.78 is 7.21. The molecule has 0 saturated carbocycles. The van der Waals surface area contributed by atoms with Crippen LogP contribution in [-0.4, -0.2) is 20.6 Å². The molecule has 0 aliphatic heterocycles. The summed E-state index contributed by atoms with van der Waals surface area (Å²) in [7, 11) is 0. The van der Waals surface area contributed by atoms with E-state index < -0.39 is 0 Å². The molecule has 0 saturated heterocycles. The van der Waals surface area contributed by atoms with E-state index in [1.807, 2.05) is 46.8 Å². The van der Waals surface area contributed by atoms with Crippen molar-refractivity contribution < 1.29 is 9.53 Å². The van der Waals surface area contributed by atoms with Crippen molar-refractivity contribution >= 4 is 11.6 Å². The van der Waals surface area contributed by atoms with E-state index in [4.69, 9.17) is 4.74 Å². The molecule has 6 nitrogen and oxygen atoms in total. The maximum absolute atomic E-state index is 12.5. The lowest BCUT2D eigenvalue weighted by Gasteiger charge is -2.14. The van der Waals surface area contributed by atoms with Gasteiger partial charge in [-0.1, -0.05) is 17.7 Å². The molecule has 0 amide bonds. The van der Waals surface area contributed by atoms with Crippen molar-refractivity contribution in [2.45, 2.75) is 41.0 Å². The van der Waals surface area contributed by atoms with Crippen molar-refractivity contribution in [2.75, 3.05) is 0 Å². The number of aromatic nitrogens is 3. The molecular formula is C19H21N3O3. The van der Waals surface area contributed by atoms with Crippen molar-refractivity contribution in [3.05, 3.63) is 62.2 Å². The summed E-state index contributed by atoms with van der Waals surface area (Å²) in [4.78, 5) is 28.4. The molecule has 0 aliphatic carbocycles. The minimum absolute atomic E-state index is 0.0908. The number of hydrogen-bond donors (Lipinski definition) is 1. The molecule has 0 spiro atoms. The van der Waals surface area contributed by atoms with Gasteiger partial charge >= 0.3 is 5.97 Å². The van der Waals surface area contributed by atoms with Crippen LogP contribution in [0.4, 0.5) is 0 Å². The lowest BCUT2D eigenvalue weighted by atomic mass is 10.1. The number of rotatable bonds is 3. The number of H-pyrrole nitrogens is 1. The van der Waals surface area contributed by atoms with Gasteiger partial charge in [-0.05, 0) is 45.7 Å². The van der Waals surface area contributed by atoms with Gasteiger partial charge in [-0.3, -0.25) is 14.7 Å². The Morgan fingerprint density at radius 2 is 1.76 bits per heavy atom. The number of esters is 1. The second-order valence-electron chi connectivity index (χ2n) is 6.45. The van der Waals surface area contributed by atoms with Crippen molar-refractivity contribution in [3.8, 4) is 5.75 Å². The van der Waals surface area contributed by atoms with Crippen LogP contribution in [-0.2, 0) is 11.2 Å². The van der Waals surface area contributed by atoms with Crippen LogP contribution < -0.4 is 10.3 Å². The Bertz CT molecular complexity index is 1020. The number of aromatic amines is 1. The molecule has 1 aromatic carbocycles. The minimum Gasteiger partial charge on any atom is -0.426 e. The molecule has 0 radical (unpaired) electrons. The predicted octanol–water partition coefficient (Wildman–Crippen LogP) is 2.71. The van der Waals surface area contributed by atoms with Gasteiger partial charge in [-0.15, -0.1) is 0 Å². The molecule has 0 aliphatic rings. The van der Waals surface area contributed by atoms with Crippen molar-refractivity contribution in [1.82, 2.24) is 14.6 Å². The van der Waals surface area contributed by atoms with Gasteiger partial charge in [0.05, 0.1) is 6.42 Å². The number of benzene rings is 1. The van der Waals surface area contributed by atoms with Crippen LogP contribution in [0.15, 0.2) is 23.0 Å². The molecular weight excluding hydrogens is 318 g/mol. The standard InChI is InChI=1S/C19H21N3O3/c1-10-6-11(2)19(12(3)7-10)25-18(24)8-15-13(4)20-16-9-17(23)21-22(16)14(15)5/h6-7,9H,8H2,1-5H3,(H,21,23). The van der Waals surface area contributed by atoms with E-state index in [2.05, 4.69) is 10.1 Å². The Kier molecular flexibility index (Phi) is 4.20. The first kappa shape index (κ1) is 17.0. The Morgan fingerprint density at radius 3 is 2.40 bits per heavy atom. The second kappa shape index (κ2) is 6.20. The van der Waals surface area contributed by atoms with Gasteiger partial charge in [0.1, 0.15) is 5.75 Å². The summed E-state index contributed by atoms with van der Waals surface area (Å²) in [6.45, 7) is 9.55. The fourth-order valence-corrected chi connectivity index (χ4v) is 3.23. The third-order valence-electron chi connectivity index (χ3n) is 4.34. The Morgan fingerprint density at radius 1 is 1.12 bits per heavy atom. The Hall–Kier alpha value is -2.89. The average molecular weight is 339 g/mol. The molecule has 3 rings (SSSR count). The number of nitrogens with one attached hydrogen (secondary N) is 1. The quantitative estimate of drug-likeness (QED) is 0.588. The molecule has 3 aromatic rings. The molecule has 0 atom stereocenters. The highest BCUT2D eigenvalue weighted by Gasteiger charge is 2.17. The molecule has 2 heterocycles. The highest BCUT2D eigenvalue weighted by atomic mass is 16.5. The number of nitrogens with zero attached hydrogens (tertiary/aromatic N) is 2. The van der Waals surface area contributed by atoms with E-state index in [0.29, 0.717) is 17.1 Å². The monoisotopic (exact) mass is 339 g/mol. The zero-order valence-electron chi connectivity index (χ0n) is 15.1. The van der Waals surface area contributed by atoms with Crippen LogP contribution in [0.2, 0.25) is 0 Å². The van der Waals surface area contributed by atoms with E-state index in [1.165, 1.54) is 6.07 Å². The first-order chi connectivity index (χ1) is 11.8. The zero-order valence-corrected chi connectivity index (χ0v) is 15.1. The molecule has 0 fully saturated rings. The molecule has 1 N–H and O–H groups in total. The number of aryl methyl sites for hydroxylation is 5. The van der Waals surface area contributed by atoms with E-state index >= 15 is 0 Å². The zero-order chi connectivity index (χ0) is 18.3. The van der Waals surface area contributed by atoms with Crippen LogP contribution in [0.3, 0.4) is 0 Å². The van der Waals surface area contributed by atoms with Crippen molar-refractivity contribution in [1.29, 1.82) is 0 Å². The Balaban J connectivity index is 1.91. The summed E-state index contributed by atoms with van der Waals surface area (Å²) in [5.74, 6) is 0.256. The molecule has 0 unspecified atom stereocenters. The fraction of sp³-hybridized carbons (Fsp3) is 0.316. The third-order valence-corrected chi connectivity index (χ3v) is 4.34. The van der Waals surface area contributed by atoms with Crippen LogP contribution in [0, 0.1) is 34.6 Å². The van der Waals surface area contributed by atoms with Crippen molar-refractivity contribution in [3.63, 3.8) is 0 Å². The first-order valence-electron chi connectivity index (χ1n) is 8.12. The predicted molar refractivity (Wildman–Crippen MR) is 95.3 cm³/mol. The van der Waals surface area contributed by atoms with Gasteiger partial charge in [0.25, 0.3) is 5.56 Å². The van der Waals surface area contributed by atoms with Crippen LogP contribution in [0.5, 0.6) is 5.75 Å². The van der Waals surface area contributed by atoms with Gasteiger partial charge in [0, 0.05) is 23.0 Å². The molecule has 2 aromatic heterocycles. The second-order valence-corrected chi connectivity index (χ2v) is 6.45. The van der Waals surface area contributed by atoms with Crippen LogP contribution in [0.1, 0.15) is 33.6 Å². The molecule has 25 heavy (non-hydrogen) atoms. The first-order valence-corrected chi connectivity index (χ1v) is 8.12. The summed E-state index contributed by atoms with van der Waals surface area (Å²) >= 11 is 0. The van der Waals surface area contributed by atoms with Gasteiger partial charge < -0.3 is 4.74 Å². The molecule has 6 heteroatoms. The highest BCUT2D eigenvalue weighted by molar-refractivity contribution is 5.76. The van der Waals surface area contributed by atoms with E-state index in [1.54, 1.807) is 4.52 Å². The SMILES string of the molecule is Cc1cc(C)c(OC(=O)Cc2c(C)nc3cc(=O)[nH]n3c2C)c(C)c1. The third kappa shape index (κ3) is 3.20. The van der Waals surface area contributed by atoms with Gasteiger partial charge in [-0.2, -0.15) is 0 Å². The van der Waals surface area contributed by atoms with Gasteiger partial charge in [0.2, 0.25) is 0 Å². The van der Waals surface area contributed by atoms with Crippen LogP contribution >= 0.6 is 0 Å². The summed E-state index contributed by atoms with van der Waals surface area (Å²) in [5, 5.41) is 2.69. The number of fused-ring (bicyclic) bond motifs is 1. The maximum Gasteiger partial charge on any atom is 0.315 e. The van der Waals surface area contributed by atoms with E-state index in [0.717, 1.165) is 27.9 Å². The molecule has 0 bridgehead atoms. The van der Waals surface area contributed by atoms with Gasteiger partial charge in [-0.25, -0.2) is 9.50 Å². The largest absolute Gasteiger partial charge is 0.426 e. The molecule has 130 valence electrons. The van der Waals surface area contributed by atoms with Crippen LogP contribution in [0.25, 0.3) is 5.65 Å². The lowest BCUT2D eigenvalue weighted by molar-refractivity contribution is -0.133. The highest BCUT2D eigenvalue weighted by Crippen LogP contribution is 2.25. The van der Waals surface area contributed by atoms with Gasteiger partial charge in [0.15, 0.2) is 5.65 Å². The van der Waals surface area contributed by atoms with E-state index in [9.17, 15) is 9.59 Å². The maximum atomic E-state index is 12.5. The number of hydrogen-bond acceptors (Lipinski definition) is 4. The topological polar surface area (TPSA) is 76.5 Å². The summed E-state index contributed by atoms with van der Waals surface area (Å²) in [6, 6.07) is 5.41. The fourth-order valence-electron chi connectivity index (χ4n) is 3.23. The summed E-state index contributed by atoms with van der Waals surface area (Å²) in [6.07, 6.45) is 0.0908. The number of carbonyl (C=O) groups is 1. The minimum atomic E-state index is -0.350. The van der Waals surface area contributed by atoms with E-state index in [-0.39, 0.29) is 17.9 Å². The normalized spacial score (nSPS) is 11.1. The lowest BCUT2D eigenvalue weighted by Crippen LogP contribution is -2.16. The average Bonchev–Trinajstić information content (AvgIpc) is 2.88. The number of ether oxygens (including phenoxy) is 1. The smallest absolute Gasteiger partial charge is 0.315 e. The Labute approximate surface area is 145 Å².